The summed E-state index contributed by atoms with van der Waals surface area (Å²) in [6.45, 7) is 2.12. The lowest BCUT2D eigenvalue weighted by molar-refractivity contribution is -0.128. The van der Waals surface area contributed by atoms with Crippen LogP contribution in [-0.2, 0) is 24.9 Å². The highest BCUT2D eigenvalue weighted by molar-refractivity contribution is 6.31. The molecule has 0 radical (unpaired) electrons. The van der Waals surface area contributed by atoms with Crippen molar-refractivity contribution in [3.8, 4) is 5.75 Å². The first-order valence-electron chi connectivity index (χ1n) is 9.94. The third-order valence-electron chi connectivity index (χ3n) is 6.22. The summed E-state index contributed by atoms with van der Waals surface area (Å²) in [4.78, 5) is 14.4. The number of amides is 1. The van der Waals surface area contributed by atoms with Crippen LogP contribution < -0.4 is 10.1 Å². The van der Waals surface area contributed by atoms with E-state index in [0.29, 0.717) is 30.1 Å². The maximum atomic E-state index is 14.9. The predicted octanol–water partition coefficient (Wildman–Crippen LogP) is 2.39. The number of likely N-dealkylation sites (tertiary alicyclic amines) is 1. The van der Waals surface area contributed by atoms with Crippen LogP contribution in [0.3, 0.4) is 0 Å². The van der Waals surface area contributed by atoms with E-state index in [4.69, 9.17) is 16.3 Å². The van der Waals surface area contributed by atoms with Crippen molar-refractivity contribution in [3.05, 3.63) is 39.9 Å². The van der Waals surface area contributed by atoms with Crippen molar-refractivity contribution in [2.45, 2.75) is 38.3 Å². The van der Waals surface area contributed by atoms with Gasteiger partial charge in [-0.3, -0.25) is 9.48 Å². The van der Waals surface area contributed by atoms with Gasteiger partial charge in [-0.1, -0.05) is 16.8 Å². The molecule has 1 saturated heterocycles. The molecule has 1 atom stereocenters. The Hall–Kier alpha value is -2.19. The number of aromatic nitrogens is 3. The van der Waals surface area contributed by atoms with Crippen molar-refractivity contribution >= 4 is 17.5 Å². The zero-order valence-electron chi connectivity index (χ0n) is 16.3. The van der Waals surface area contributed by atoms with E-state index in [2.05, 4.69) is 15.6 Å². The number of nitrogens with one attached hydrogen (secondary N) is 1. The van der Waals surface area contributed by atoms with Crippen LogP contribution in [0.4, 0.5) is 4.39 Å². The Bertz CT molecular complexity index is 974. The predicted molar refractivity (Wildman–Crippen MR) is 104 cm³/mol. The van der Waals surface area contributed by atoms with Gasteiger partial charge in [-0.2, -0.15) is 0 Å². The molecule has 0 unspecified atom stereocenters. The standard InChI is InChI=1S/C20H23ClFN5O2/c1-26-8-12(24-25-26)10-29-19-15(22)6-14(21)13-2-5-23-16(18(13)19)9-27-11-20(3-4-20)7-17(27)28/h6,8,16,23H,2-5,7,9-11H2,1H3/t16-/m1/s1. The van der Waals surface area contributed by atoms with Crippen LogP contribution in [-0.4, -0.2) is 45.4 Å². The van der Waals surface area contributed by atoms with Gasteiger partial charge in [0.25, 0.3) is 0 Å². The fraction of sp³-hybridized carbons (Fsp3) is 0.550. The molecule has 3 aliphatic rings. The molecule has 1 aromatic heterocycles. The fourth-order valence-electron chi connectivity index (χ4n) is 4.54. The summed E-state index contributed by atoms with van der Waals surface area (Å²) in [5, 5.41) is 11.7. The van der Waals surface area contributed by atoms with Crippen LogP contribution in [0.5, 0.6) is 5.75 Å². The van der Waals surface area contributed by atoms with Gasteiger partial charge in [-0.05, 0) is 42.9 Å². The van der Waals surface area contributed by atoms with Crippen molar-refractivity contribution in [3.63, 3.8) is 0 Å². The Morgan fingerprint density at radius 2 is 2.28 bits per heavy atom. The maximum absolute atomic E-state index is 14.9. The van der Waals surface area contributed by atoms with Crippen LogP contribution >= 0.6 is 11.6 Å². The Morgan fingerprint density at radius 3 is 2.97 bits per heavy atom. The molecule has 3 heterocycles. The second-order valence-electron chi connectivity index (χ2n) is 8.44. The van der Waals surface area contributed by atoms with Gasteiger partial charge in [0.1, 0.15) is 12.3 Å². The number of hydrogen-bond acceptors (Lipinski definition) is 5. The number of fused-ring (bicyclic) bond motifs is 1. The molecule has 1 amide bonds. The number of halogens is 2. The number of carbonyl (C=O) groups is 1. The molecular formula is C20H23ClFN5O2. The minimum Gasteiger partial charge on any atom is -0.484 e. The Balaban J connectivity index is 1.44. The Labute approximate surface area is 173 Å². The maximum Gasteiger partial charge on any atom is 0.223 e. The normalized spacial score (nSPS) is 22.2. The van der Waals surface area contributed by atoms with Crippen molar-refractivity contribution in [1.29, 1.82) is 0 Å². The second-order valence-corrected chi connectivity index (χ2v) is 8.85. The Morgan fingerprint density at radius 1 is 1.45 bits per heavy atom. The number of nitrogens with zero attached hydrogens (tertiary/aromatic N) is 4. The first-order chi connectivity index (χ1) is 13.9. The van der Waals surface area contributed by atoms with E-state index in [1.807, 2.05) is 4.90 Å². The van der Waals surface area contributed by atoms with Gasteiger partial charge in [0.05, 0.1) is 12.2 Å². The molecule has 5 rings (SSSR count). The van der Waals surface area contributed by atoms with Gasteiger partial charge < -0.3 is 15.0 Å². The molecule has 7 nitrogen and oxygen atoms in total. The number of carbonyl (C=O) groups excluding carboxylic acids is 1. The van der Waals surface area contributed by atoms with Crippen molar-refractivity contribution in [1.82, 2.24) is 25.2 Å². The zero-order valence-corrected chi connectivity index (χ0v) is 17.0. The SMILES string of the molecule is Cn1cc(COc2c(F)cc(Cl)c3c2[C@@H](CN2CC4(CC4)CC2=O)NCC3)nn1. The van der Waals surface area contributed by atoms with Crippen molar-refractivity contribution < 1.29 is 13.9 Å². The van der Waals surface area contributed by atoms with Crippen LogP contribution in [0, 0.1) is 11.2 Å². The third-order valence-corrected chi connectivity index (χ3v) is 6.56. The number of benzene rings is 1. The summed E-state index contributed by atoms with van der Waals surface area (Å²) in [6, 6.07) is 1.09. The van der Waals surface area contributed by atoms with Gasteiger partial charge in [-0.15, -0.1) is 5.10 Å². The number of rotatable bonds is 5. The monoisotopic (exact) mass is 419 g/mol. The first kappa shape index (κ1) is 18.8. The molecule has 154 valence electrons. The lowest BCUT2D eigenvalue weighted by Crippen LogP contribution is -2.40. The van der Waals surface area contributed by atoms with Gasteiger partial charge in [-0.25, -0.2) is 4.39 Å². The number of ether oxygens (including phenoxy) is 1. The summed E-state index contributed by atoms with van der Waals surface area (Å²) < 4.78 is 22.3. The van der Waals surface area contributed by atoms with Gasteiger partial charge in [0.2, 0.25) is 5.91 Å². The van der Waals surface area contributed by atoms with Crippen molar-refractivity contribution in [2.75, 3.05) is 19.6 Å². The van der Waals surface area contributed by atoms with Crippen LogP contribution in [0.2, 0.25) is 5.02 Å². The van der Waals surface area contributed by atoms with Crippen molar-refractivity contribution in [2.24, 2.45) is 12.5 Å². The molecule has 9 heteroatoms. The average Bonchev–Trinajstić information content (AvgIpc) is 3.18. The summed E-state index contributed by atoms with van der Waals surface area (Å²) >= 11 is 6.38. The molecule has 1 N–H and O–H groups in total. The largest absolute Gasteiger partial charge is 0.484 e. The lowest BCUT2D eigenvalue weighted by Gasteiger charge is -2.32. The van der Waals surface area contributed by atoms with Gasteiger partial charge >= 0.3 is 0 Å². The minimum atomic E-state index is -0.502. The Kier molecular flexibility index (Phi) is 4.51. The van der Waals surface area contributed by atoms with E-state index < -0.39 is 5.82 Å². The smallest absolute Gasteiger partial charge is 0.223 e. The second kappa shape index (κ2) is 6.95. The van der Waals surface area contributed by atoms with E-state index in [-0.39, 0.29) is 29.7 Å². The quantitative estimate of drug-likeness (QED) is 0.805. The molecule has 29 heavy (non-hydrogen) atoms. The highest BCUT2D eigenvalue weighted by Crippen LogP contribution is 2.53. The van der Waals surface area contributed by atoms with E-state index in [9.17, 15) is 9.18 Å². The summed E-state index contributed by atoms with van der Waals surface area (Å²) in [7, 11) is 1.76. The average molecular weight is 420 g/mol. The van der Waals surface area contributed by atoms with Gasteiger partial charge in [0.15, 0.2) is 11.6 Å². The summed E-state index contributed by atoms with van der Waals surface area (Å²) in [5.74, 6) is -0.140. The van der Waals surface area contributed by atoms with Crippen LogP contribution in [0.15, 0.2) is 12.3 Å². The highest BCUT2D eigenvalue weighted by Gasteiger charge is 2.52. The molecule has 2 aromatic rings. The van der Waals surface area contributed by atoms with E-state index in [1.54, 1.807) is 17.9 Å². The number of aryl methyl sites for hydroxylation is 1. The molecule has 2 aliphatic heterocycles. The third kappa shape index (κ3) is 3.48. The first-order valence-corrected chi connectivity index (χ1v) is 10.3. The fourth-order valence-corrected chi connectivity index (χ4v) is 4.84. The molecular weight excluding hydrogens is 397 g/mol. The topological polar surface area (TPSA) is 72.3 Å². The van der Waals surface area contributed by atoms with Crippen LogP contribution in [0.1, 0.15) is 42.1 Å². The molecule has 1 aromatic carbocycles. The zero-order chi connectivity index (χ0) is 20.2. The van der Waals surface area contributed by atoms with E-state index in [1.165, 1.54) is 6.07 Å². The number of hydrogen-bond donors (Lipinski definition) is 1. The summed E-state index contributed by atoms with van der Waals surface area (Å²) in [6.07, 6.45) is 5.29. The molecule has 0 bridgehead atoms. The molecule has 1 spiro atoms. The van der Waals surface area contributed by atoms with Gasteiger partial charge in [0, 0.05) is 37.1 Å². The highest BCUT2D eigenvalue weighted by atomic mass is 35.5. The van der Waals surface area contributed by atoms with Crippen LogP contribution in [0.25, 0.3) is 0 Å². The summed E-state index contributed by atoms with van der Waals surface area (Å²) in [5.41, 5.74) is 2.41. The molecule has 1 aliphatic carbocycles. The van der Waals surface area contributed by atoms with E-state index >= 15 is 0 Å². The molecule has 2 fully saturated rings. The lowest BCUT2D eigenvalue weighted by atomic mass is 9.92. The van der Waals surface area contributed by atoms with E-state index in [0.717, 1.165) is 37.1 Å². The molecule has 1 saturated carbocycles. The minimum absolute atomic E-state index is 0.108.